The number of allylic oxidation sites excluding steroid dienone is 1. The molecule has 118 valence electrons. The number of hydrogen-bond acceptors (Lipinski definition) is 1. The van der Waals surface area contributed by atoms with Crippen LogP contribution in [0, 0.1) is 11.7 Å². The molecule has 1 nitrogen and oxygen atoms in total. The van der Waals surface area contributed by atoms with Crippen LogP contribution in [0.2, 0.25) is 0 Å². The molecule has 1 aliphatic rings. The second kappa shape index (κ2) is 6.91. The summed E-state index contributed by atoms with van der Waals surface area (Å²) in [5.74, 6) is 0.960. The molecule has 0 amide bonds. The summed E-state index contributed by atoms with van der Waals surface area (Å²) in [5.41, 5.74) is 3.43. The van der Waals surface area contributed by atoms with E-state index in [4.69, 9.17) is 0 Å². The van der Waals surface area contributed by atoms with Crippen LogP contribution in [0.1, 0.15) is 37.2 Å². The van der Waals surface area contributed by atoms with Crippen LogP contribution < -0.4 is 0 Å². The Hall–Kier alpha value is -2.22. The molecule has 0 saturated heterocycles. The lowest BCUT2D eigenvalue weighted by Gasteiger charge is -2.27. The molecular formula is C21H22FN. The van der Waals surface area contributed by atoms with Gasteiger partial charge >= 0.3 is 0 Å². The van der Waals surface area contributed by atoms with Gasteiger partial charge in [0.1, 0.15) is 5.82 Å². The van der Waals surface area contributed by atoms with Crippen molar-refractivity contribution in [2.45, 2.75) is 31.6 Å². The van der Waals surface area contributed by atoms with Gasteiger partial charge in [0.05, 0.1) is 5.69 Å². The summed E-state index contributed by atoms with van der Waals surface area (Å²) in [6.45, 7) is 7.38. The Morgan fingerprint density at radius 3 is 2.26 bits per heavy atom. The fraction of sp³-hybridized carbons (Fsp3) is 0.286. The minimum Gasteiger partial charge on any atom is -0.265 e. The number of aliphatic imine (C=N–C) groups is 1. The van der Waals surface area contributed by atoms with Gasteiger partial charge in [-0.1, -0.05) is 30.3 Å². The first-order chi connectivity index (χ1) is 11.2. The molecule has 0 radical (unpaired) electrons. The Labute approximate surface area is 137 Å². The van der Waals surface area contributed by atoms with Crippen molar-refractivity contribution in [1.82, 2.24) is 0 Å². The van der Waals surface area contributed by atoms with Crippen LogP contribution in [0.25, 0.3) is 11.1 Å². The summed E-state index contributed by atoms with van der Waals surface area (Å²) in [5, 5.41) is 0. The number of halogens is 1. The molecule has 0 aliphatic heterocycles. The Kier molecular flexibility index (Phi) is 4.71. The zero-order valence-corrected chi connectivity index (χ0v) is 13.3. The molecule has 2 heteroatoms. The molecule has 2 aromatic carbocycles. The molecule has 0 N–H and O–H groups in total. The Morgan fingerprint density at radius 2 is 1.70 bits per heavy atom. The average molecular weight is 307 g/mol. The van der Waals surface area contributed by atoms with Crippen molar-refractivity contribution in [3.8, 4) is 11.1 Å². The molecule has 0 unspecified atom stereocenters. The molecule has 2 aromatic rings. The highest BCUT2D eigenvalue weighted by molar-refractivity contribution is 5.66. The normalized spacial score (nSPS) is 20.9. The summed E-state index contributed by atoms with van der Waals surface area (Å²) in [4.78, 5) is 3.87. The second-order valence-electron chi connectivity index (χ2n) is 6.29. The third-order valence-electron chi connectivity index (χ3n) is 4.93. The summed E-state index contributed by atoms with van der Waals surface area (Å²) in [7, 11) is 0. The zero-order chi connectivity index (χ0) is 16.2. The van der Waals surface area contributed by atoms with Crippen LogP contribution in [-0.4, -0.2) is 6.72 Å². The van der Waals surface area contributed by atoms with Gasteiger partial charge in [-0.3, -0.25) is 4.99 Å². The smallest absolute Gasteiger partial charge is 0.131 e. The lowest BCUT2D eigenvalue weighted by atomic mass is 9.78. The van der Waals surface area contributed by atoms with Gasteiger partial charge in [-0.2, -0.15) is 0 Å². The van der Waals surface area contributed by atoms with E-state index in [0.717, 1.165) is 42.5 Å². The van der Waals surface area contributed by atoms with Crippen molar-refractivity contribution in [1.29, 1.82) is 0 Å². The average Bonchev–Trinajstić information content (AvgIpc) is 2.62. The van der Waals surface area contributed by atoms with E-state index in [1.165, 1.54) is 0 Å². The van der Waals surface area contributed by atoms with Gasteiger partial charge in [0.15, 0.2) is 0 Å². The fourth-order valence-electron chi connectivity index (χ4n) is 3.45. The molecule has 0 bridgehead atoms. The monoisotopic (exact) mass is 307 g/mol. The highest BCUT2D eigenvalue weighted by atomic mass is 19.1. The summed E-state index contributed by atoms with van der Waals surface area (Å²) in [6, 6.07) is 13.2. The molecule has 1 fully saturated rings. The maximum absolute atomic E-state index is 14.6. The maximum Gasteiger partial charge on any atom is 0.131 e. The molecule has 0 heterocycles. The first-order valence-corrected chi connectivity index (χ1v) is 8.20. The summed E-state index contributed by atoms with van der Waals surface area (Å²) >= 11 is 0. The van der Waals surface area contributed by atoms with Crippen LogP contribution in [0.5, 0.6) is 0 Å². The van der Waals surface area contributed by atoms with Gasteiger partial charge in [0.25, 0.3) is 0 Å². The van der Waals surface area contributed by atoms with Crippen molar-refractivity contribution in [3.05, 3.63) is 66.5 Å². The predicted octanol–water partition coefficient (Wildman–Crippen LogP) is 6.28. The van der Waals surface area contributed by atoms with E-state index in [1.54, 1.807) is 6.07 Å². The molecule has 3 rings (SSSR count). The van der Waals surface area contributed by atoms with Crippen LogP contribution >= 0.6 is 0 Å². The van der Waals surface area contributed by atoms with Gasteiger partial charge in [0.2, 0.25) is 0 Å². The number of nitrogens with zero attached hydrogens (tertiary/aromatic N) is 1. The van der Waals surface area contributed by atoms with Crippen molar-refractivity contribution >= 4 is 12.4 Å². The lowest BCUT2D eigenvalue weighted by Crippen LogP contribution is -2.11. The fourth-order valence-corrected chi connectivity index (χ4v) is 3.45. The van der Waals surface area contributed by atoms with E-state index in [0.29, 0.717) is 17.4 Å². The molecule has 1 aliphatic carbocycles. The van der Waals surface area contributed by atoms with E-state index in [9.17, 15) is 4.39 Å². The van der Waals surface area contributed by atoms with Crippen LogP contribution in [0.15, 0.2) is 60.1 Å². The van der Waals surface area contributed by atoms with E-state index in [2.05, 4.69) is 30.4 Å². The molecule has 23 heavy (non-hydrogen) atoms. The third kappa shape index (κ3) is 3.42. The highest BCUT2D eigenvalue weighted by Crippen LogP contribution is 2.37. The van der Waals surface area contributed by atoms with Crippen molar-refractivity contribution in [2.24, 2.45) is 10.9 Å². The van der Waals surface area contributed by atoms with Gasteiger partial charge in [-0.05, 0) is 73.6 Å². The van der Waals surface area contributed by atoms with Crippen LogP contribution in [-0.2, 0) is 0 Å². The van der Waals surface area contributed by atoms with Crippen LogP contribution in [0.4, 0.5) is 10.1 Å². The number of rotatable bonds is 4. The van der Waals surface area contributed by atoms with Gasteiger partial charge < -0.3 is 0 Å². The summed E-state index contributed by atoms with van der Waals surface area (Å²) < 4.78 is 14.6. The second-order valence-corrected chi connectivity index (χ2v) is 6.29. The Morgan fingerprint density at radius 1 is 1.00 bits per heavy atom. The topological polar surface area (TPSA) is 12.4 Å². The van der Waals surface area contributed by atoms with E-state index in [1.807, 2.05) is 30.3 Å². The van der Waals surface area contributed by atoms with Crippen molar-refractivity contribution < 1.29 is 4.39 Å². The van der Waals surface area contributed by atoms with E-state index >= 15 is 0 Å². The van der Waals surface area contributed by atoms with Crippen molar-refractivity contribution in [3.63, 3.8) is 0 Å². The molecule has 0 aromatic heterocycles. The molecule has 0 spiro atoms. The minimum absolute atomic E-state index is 0.146. The SMILES string of the molecule is C=CC1CCC(c2ccc(-c3ccc(N=C)cc3)c(F)c2)CC1. The zero-order valence-electron chi connectivity index (χ0n) is 13.3. The van der Waals surface area contributed by atoms with Crippen LogP contribution in [0.3, 0.4) is 0 Å². The third-order valence-corrected chi connectivity index (χ3v) is 4.93. The lowest BCUT2D eigenvalue weighted by molar-refractivity contribution is 0.375. The Bertz CT molecular complexity index is 694. The van der Waals surface area contributed by atoms with E-state index in [-0.39, 0.29) is 5.82 Å². The van der Waals surface area contributed by atoms with Gasteiger partial charge in [-0.25, -0.2) is 4.39 Å². The first kappa shape index (κ1) is 15.7. The minimum atomic E-state index is -0.146. The molecular weight excluding hydrogens is 285 g/mol. The maximum atomic E-state index is 14.6. The quantitative estimate of drug-likeness (QED) is 0.465. The van der Waals surface area contributed by atoms with Gasteiger partial charge in [-0.15, -0.1) is 6.58 Å². The largest absolute Gasteiger partial charge is 0.265 e. The molecule has 0 atom stereocenters. The number of benzene rings is 2. The predicted molar refractivity (Wildman–Crippen MR) is 95.9 cm³/mol. The number of hydrogen-bond donors (Lipinski definition) is 0. The highest BCUT2D eigenvalue weighted by Gasteiger charge is 2.21. The van der Waals surface area contributed by atoms with E-state index < -0.39 is 0 Å². The van der Waals surface area contributed by atoms with Gasteiger partial charge in [0, 0.05) is 5.56 Å². The summed E-state index contributed by atoms with van der Waals surface area (Å²) in [6.07, 6.45) is 6.62. The van der Waals surface area contributed by atoms with Crippen molar-refractivity contribution in [2.75, 3.05) is 0 Å². The Balaban J connectivity index is 1.80. The molecule has 1 saturated carbocycles. The first-order valence-electron chi connectivity index (χ1n) is 8.20. The standard InChI is InChI=1S/C21H22FN/c1-3-15-4-6-16(7-5-15)18-10-13-20(21(22)14-18)17-8-11-19(23-2)12-9-17/h3,8-16H,1-2,4-7H2.